The number of halogens is 1. The van der Waals surface area contributed by atoms with Crippen LogP contribution in [0.4, 0.5) is 4.39 Å². The molecule has 0 aliphatic carbocycles. The fraction of sp³-hybridized carbons (Fsp3) is 0.474. The predicted octanol–water partition coefficient (Wildman–Crippen LogP) is 2.81. The van der Waals surface area contributed by atoms with Crippen LogP contribution >= 0.6 is 0 Å². The quantitative estimate of drug-likeness (QED) is 0.766. The van der Waals surface area contributed by atoms with E-state index in [2.05, 4.69) is 14.9 Å². The van der Waals surface area contributed by atoms with E-state index in [0.29, 0.717) is 5.92 Å². The fourth-order valence-corrected chi connectivity index (χ4v) is 4.96. The first-order valence-electron chi connectivity index (χ1n) is 8.80. The number of sulfone groups is 1. The third-order valence-electron chi connectivity index (χ3n) is 4.82. The molecule has 140 valence electrons. The number of benzene rings is 1. The number of piperidine rings is 1. The Kier molecular flexibility index (Phi) is 5.55. The lowest BCUT2D eigenvalue weighted by Crippen LogP contribution is -2.33. The summed E-state index contributed by atoms with van der Waals surface area (Å²) in [4.78, 5) is 10.1. The SMILES string of the molecule is C[C@@]1(CS(=O)(=O)CC=CN2CCC(c3ccc(F)cc3)CC2)C=NC=N1. The van der Waals surface area contributed by atoms with Crippen molar-refractivity contribution < 1.29 is 12.8 Å². The molecule has 7 heteroatoms. The van der Waals surface area contributed by atoms with Crippen molar-refractivity contribution in [3.63, 3.8) is 0 Å². The average Bonchev–Trinajstić information content (AvgIpc) is 3.01. The monoisotopic (exact) mass is 377 g/mol. The van der Waals surface area contributed by atoms with Crippen LogP contribution in [-0.2, 0) is 9.84 Å². The fourth-order valence-electron chi connectivity index (χ4n) is 3.43. The van der Waals surface area contributed by atoms with Crippen LogP contribution in [0.3, 0.4) is 0 Å². The summed E-state index contributed by atoms with van der Waals surface area (Å²) in [5, 5.41) is 0. The minimum atomic E-state index is -3.24. The second-order valence-corrected chi connectivity index (χ2v) is 9.29. The Morgan fingerprint density at radius 2 is 1.96 bits per heavy atom. The topological polar surface area (TPSA) is 62.1 Å². The van der Waals surface area contributed by atoms with Crippen molar-refractivity contribution >= 4 is 22.4 Å². The summed E-state index contributed by atoms with van der Waals surface area (Å²) in [6.07, 6.45) is 8.53. The molecule has 0 aromatic heterocycles. The Morgan fingerprint density at radius 3 is 2.58 bits per heavy atom. The van der Waals surface area contributed by atoms with Gasteiger partial charge in [0.25, 0.3) is 0 Å². The highest BCUT2D eigenvalue weighted by Gasteiger charge is 2.29. The third kappa shape index (κ3) is 5.00. The number of hydrogen-bond donors (Lipinski definition) is 0. The zero-order valence-electron chi connectivity index (χ0n) is 14.9. The molecule has 1 aromatic carbocycles. The lowest BCUT2D eigenvalue weighted by molar-refractivity contribution is 0.284. The van der Waals surface area contributed by atoms with Gasteiger partial charge in [-0.3, -0.25) is 4.99 Å². The summed E-state index contributed by atoms with van der Waals surface area (Å²) in [5.41, 5.74) is 0.435. The molecule has 0 saturated carbocycles. The van der Waals surface area contributed by atoms with Crippen molar-refractivity contribution in [2.75, 3.05) is 24.6 Å². The van der Waals surface area contributed by atoms with Crippen LogP contribution in [0.1, 0.15) is 31.2 Å². The molecule has 2 heterocycles. The van der Waals surface area contributed by atoms with Gasteiger partial charge >= 0.3 is 0 Å². The number of rotatable bonds is 6. The first kappa shape index (κ1) is 18.8. The maximum atomic E-state index is 13.0. The van der Waals surface area contributed by atoms with E-state index in [-0.39, 0.29) is 17.3 Å². The van der Waals surface area contributed by atoms with Crippen LogP contribution < -0.4 is 0 Å². The maximum absolute atomic E-state index is 13.0. The van der Waals surface area contributed by atoms with E-state index in [9.17, 15) is 12.8 Å². The highest BCUT2D eigenvalue weighted by atomic mass is 32.2. The van der Waals surface area contributed by atoms with Gasteiger partial charge in [-0.05, 0) is 49.6 Å². The van der Waals surface area contributed by atoms with E-state index in [1.54, 1.807) is 19.2 Å². The minimum absolute atomic E-state index is 0.00381. The molecule has 0 bridgehead atoms. The predicted molar refractivity (Wildman–Crippen MR) is 103 cm³/mol. The largest absolute Gasteiger partial charge is 0.378 e. The van der Waals surface area contributed by atoms with E-state index >= 15 is 0 Å². The zero-order chi connectivity index (χ0) is 18.6. The summed E-state index contributed by atoms with van der Waals surface area (Å²) < 4.78 is 37.5. The Balaban J connectivity index is 1.47. The van der Waals surface area contributed by atoms with Crippen molar-refractivity contribution in [1.82, 2.24) is 4.90 Å². The van der Waals surface area contributed by atoms with E-state index in [1.165, 1.54) is 24.0 Å². The summed E-state index contributed by atoms with van der Waals surface area (Å²) in [5.74, 6) is 0.197. The van der Waals surface area contributed by atoms with Gasteiger partial charge in [-0.2, -0.15) is 0 Å². The highest BCUT2D eigenvalue weighted by Crippen LogP contribution is 2.28. The highest BCUT2D eigenvalue weighted by molar-refractivity contribution is 7.91. The molecule has 0 spiro atoms. The molecule has 1 atom stereocenters. The molecule has 1 fully saturated rings. The van der Waals surface area contributed by atoms with Gasteiger partial charge in [0, 0.05) is 19.3 Å². The van der Waals surface area contributed by atoms with Gasteiger partial charge in [0.2, 0.25) is 0 Å². The summed E-state index contributed by atoms with van der Waals surface area (Å²) in [7, 11) is -3.24. The van der Waals surface area contributed by atoms with Crippen LogP contribution in [0.15, 0.2) is 46.5 Å². The van der Waals surface area contributed by atoms with Crippen LogP contribution in [0.25, 0.3) is 0 Å². The molecular weight excluding hydrogens is 353 g/mol. The molecule has 0 amide bonds. The molecular formula is C19H24FN3O2S. The van der Waals surface area contributed by atoms with E-state index in [0.717, 1.165) is 25.9 Å². The third-order valence-corrected chi connectivity index (χ3v) is 6.55. The molecule has 3 rings (SSSR count). The second-order valence-electron chi connectivity index (χ2n) is 7.18. The Bertz CT molecular complexity index is 796. The number of nitrogens with zero attached hydrogens (tertiary/aromatic N) is 3. The summed E-state index contributed by atoms with van der Waals surface area (Å²) >= 11 is 0. The van der Waals surface area contributed by atoms with Crippen LogP contribution in [-0.4, -0.2) is 56.0 Å². The van der Waals surface area contributed by atoms with Gasteiger partial charge in [0.1, 0.15) is 17.7 Å². The standard InChI is InChI=1S/C19H24FN3O2S/c1-19(13-21-15-22-19)14-26(24,25)12-2-9-23-10-7-17(8-11-23)16-3-5-18(20)6-4-16/h2-6,9,13,15,17H,7-8,10-12,14H2,1H3/t19-/m0/s1. The molecule has 1 aromatic rings. The number of likely N-dealkylation sites (tertiary alicyclic amines) is 1. The van der Waals surface area contributed by atoms with Gasteiger partial charge in [-0.25, -0.2) is 17.8 Å². The van der Waals surface area contributed by atoms with Crippen molar-refractivity contribution in [3.05, 3.63) is 47.9 Å². The molecule has 1 saturated heterocycles. The lowest BCUT2D eigenvalue weighted by Gasteiger charge is -2.31. The van der Waals surface area contributed by atoms with E-state index < -0.39 is 15.4 Å². The smallest absolute Gasteiger partial charge is 0.156 e. The van der Waals surface area contributed by atoms with Crippen LogP contribution in [0.2, 0.25) is 0 Å². The van der Waals surface area contributed by atoms with Crippen molar-refractivity contribution in [2.45, 2.75) is 31.2 Å². The van der Waals surface area contributed by atoms with E-state index in [4.69, 9.17) is 0 Å². The lowest BCUT2D eigenvalue weighted by atomic mass is 9.89. The molecule has 26 heavy (non-hydrogen) atoms. The Morgan fingerprint density at radius 1 is 1.27 bits per heavy atom. The zero-order valence-corrected chi connectivity index (χ0v) is 15.7. The molecule has 2 aliphatic rings. The number of aliphatic imine (C=N–C) groups is 2. The van der Waals surface area contributed by atoms with Crippen LogP contribution in [0, 0.1) is 5.82 Å². The van der Waals surface area contributed by atoms with Gasteiger partial charge in [0.15, 0.2) is 9.84 Å². The maximum Gasteiger partial charge on any atom is 0.156 e. The second kappa shape index (κ2) is 7.70. The van der Waals surface area contributed by atoms with Crippen molar-refractivity contribution in [3.8, 4) is 0 Å². The van der Waals surface area contributed by atoms with Crippen LogP contribution in [0.5, 0.6) is 0 Å². The molecule has 2 aliphatic heterocycles. The molecule has 0 unspecified atom stereocenters. The number of hydrogen-bond acceptors (Lipinski definition) is 5. The molecule has 5 nitrogen and oxygen atoms in total. The van der Waals surface area contributed by atoms with Crippen molar-refractivity contribution in [1.29, 1.82) is 0 Å². The first-order chi connectivity index (χ1) is 12.4. The van der Waals surface area contributed by atoms with Gasteiger partial charge < -0.3 is 4.90 Å². The summed E-state index contributed by atoms with van der Waals surface area (Å²) in [6, 6.07) is 6.72. The minimum Gasteiger partial charge on any atom is -0.378 e. The van der Waals surface area contributed by atoms with Gasteiger partial charge in [-0.1, -0.05) is 18.2 Å². The first-order valence-corrected chi connectivity index (χ1v) is 10.6. The van der Waals surface area contributed by atoms with E-state index in [1.807, 2.05) is 18.3 Å². The average molecular weight is 377 g/mol. The molecule has 0 radical (unpaired) electrons. The van der Waals surface area contributed by atoms with Gasteiger partial charge in [0.05, 0.1) is 11.5 Å². The summed E-state index contributed by atoms with van der Waals surface area (Å²) in [6.45, 7) is 3.50. The Labute approximate surface area is 154 Å². The van der Waals surface area contributed by atoms with Crippen molar-refractivity contribution in [2.24, 2.45) is 9.98 Å². The molecule has 0 N–H and O–H groups in total. The normalized spacial score (nSPS) is 24.0. The Hall–Kier alpha value is -2.02. The van der Waals surface area contributed by atoms with Gasteiger partial charge in [-0.15, -0.1) is 0 Å².